The molecule has 0 radical (unpaired) electrons. The third-order valence-corrected chi connectivity index (χ3v) is 4.52. The molecule has 1 aromatic carbocycles. The number of ether oxygens (including phenoxy) is 2. The number of anilines is 1. The molecule has 12 heteroatoms. The first-order chi connectivity index (χ1) is 15.1. The van der Waals surface area contributed by atoms with Crippen LogP contribution in [0.3, 0.4) is 0 Å². The molecule has 1 aliphatic heterocycles. The van der Waals surface area contributed by atoms with Crippen LogP contribution in [-0.2, 0) is 19.3 Å². The first-order valence-corrected chi connectivity index (χ1v) is 9.30. The average Bonchev–Trinajstić information content (AvgIpc) is 3.10. The lowest BCUT2D eigenvalue weighted by atomic mass is 10.2. The van der Waals surface area contributed by atoms with E-state index in [4.69, 9.17) is 9.47 Å². The summed E-state index contributed by atoms with van der Waals surface area (Å²) in [7, 11) is 0. The van der Waals surface area contributed by atoms with Crippen molar-refractivity contribution in [2.45, 2.75) is 32.3 Å². The standard InChI is InChI=1S/C20H15F5N4O3/c1-10-8-29-16(27-10)7-17(28-19(29)30)31-9-11-4-13(21)18(14(22)5-11)32-12-2-3-26-15(6-12)20(23,24)25/h2-7,10,27H,8-9H2,1H3/t10-/m1/s1. The third kappa shape index (κ3) is 4.48. The molecule has 0 spiro atoms. The number of rotatable bonds is 5. The number of halogens is 5. The summed E-state index contributed by atoms with van der Waals surface area (Å²) in [6, 6.07) is 4.93. The van der Waals surface area contributed by atoms with E-state index >= 15 is 0 Å². The zero-order chi connectivity index (χ0) is 23.0. The molecule has 1 aliphatic rings. The monoisotopic (exact) mass is 454 g/mol. The van der Waals surface area contributed by atoms with Crippen molar-refractivity contribution in [3.63, 3.8) is 0 Å². The molecule has 3 aromatic rings. The van der Waals surface area contributed by atoms with Gasteiger partial charge in [0.05, 0.1) is 0 Å². The van der Waals surface area contributed by atoms with Gasteiger partial charge in [-0.2, -0.15) is 18.2 Å². The molecule has 7 nitrogen and oxygen atoms in total. The fourth-order valence-electron chi connectivity index (χ4n) is 3.12. The zero-order valence-corrected chi connectivity index (χ0v) is 16.4. The summed E-state index contributed by atoms with van der Waals surface area (Å²) < 4.78 is 78.9. The van der Waals surface area contributed by atoms with Gasteiger partial charge in [0.2, 0.25) is 5.88 Å². The molecule has 0 saturated carbocycles. The molecule has 2 aromatic heterocycles. The molecule has 0 fully saturated rings. The molecule has 0 bridgehead atoms. The number of hydrogen-bond acceptors (Lipinski definition) is 6. The minimum atomic E-state index is -4.74. The summed E-state index contributed by atoms with van der Waals surface area (Å²) in [6.07, 6.45) is -3.92. The van der Waals surface area contributed by atoms with E-state index in [1.165, 1.54) is 10.6 Å². The third-order valence-electron chi connectivity index (χ3n) is 4.52. The van der Waals surface area contributed by atoms with E-state index in [-0.39, 0.29) is 24.1 Å². The maximum absolute atomic E-state index is 14.4. The molecular weight excluding hydrogens is 439 g/mol. The molecule has 1 atom stereocenters. The highest BCUT2D eigenvalue weighted by atomic mass is 19.4. The second-order valence-corrected chi connectivity index (χ2v) is 7.07. The maximum Gasteiger partial charge on any atom is 0.433 e. The number of nitrogens with one attached hydrogen (secondary N) is 1. The van der Waals surface area contributed by atoms with Crippen LogP contribution in [0.25, 0.3) is 0 Å². The molecular formula is C20H15F5N4O3. The van der Waals surface area contributed by atoms with Gasteiger partial charge in [0.1, 0.15) is 23.9 Å². The maximum atomic E-state index is 14.4. The van der Waals surface area contributed by atoms with E-state index < -0.39 is 40.7 Å². The van der Waals surface area contributed by atoms with Crippen molar-refractivity contribution in [2.75, 3.05) is 5.32 Å². The van der Waals surface area contributed by atoms with E-state index in [9.17, 15) is 26.7 Å². The minimum absolute atomic E-state index is 0.0274. The van der Waals surface area contributed by atoms with Gasteiger partial charge in [-0.25, -0.2) is 13.6 Å². The Morgan fingerprint density at radius 3 is 2.59 bits per heavy atom. The molecule has 0 amide bonds. The average molecular weight is 454 g/mol. The van der Waals surface area contributed by atoms with E-state index in [0.717, 1.165) is 24.4 Å². The van der Waals surface area contributed by atoms with Gasteiger partial charge in [-0.15, -0.1) is 0 Å². The van der Waals surface area contributed by atoms with Crippen LogP contribution in [0.4, 0.5) is 27.8 Å². The Labute approximate surface area is 177 Å². The van der Waals surface area contributed by atoms with Crippen LogP contribution in [-0.4, -0.2) is 20.6 Å². The van der Waals surface area contributed by atoms with Crippen LogP contribution < -0.4 is 20.5 Å². The van der Waals surface area contributed by atoms with Gasteiger partial charge in [0.25, 0.3) is 0 Å². The summed E-state index contributed by atoms with van der Waals surface area (Å²) in [6.45, 7) is 2.03. The van der Waals surface area contributed by atoms with Crippen LogP contribution >= 0.6 is 0 Å². The normalized spacial score (nSPS) is 15.2. The highest BCUT2D eigenvalue weighted by molar-refractivity contribution is 5.43. The largest absolute Gasteiger partial charge is 0.473 e. The van der Waals surface area contributed by atoms with Crippen molar-refractivity contribution >= 4 is 5.82 Å². The molecule has 0 saturated heterocycles. The van der Waals surface area contributed by atoms with Crippen LogP contribution in [0.15, 0.2) is 41.3 Å². The van der Waals surface area contributed by atoms with Gasteiger partial charge in [-0.05, 0) is 30.7 Å². The lowest BCUT2D eigenvalue weighted by Crippen LogP contribution is -2.22. The molecule has 4 rings (SSSR count). The van der Waals surface area contributed by atoms with Crippen molar-refractivity contribution in [1.29, 1.82) is 0 Å². The predicted octanol–water partition coefficient (Wildman–Crippen LogP) is 4.12. The van der Waals surface area contributed by atoms with Gasteiger partial charge in [-0.3, -0.25) is 9.55 Å². The highest BCUT2D eigenvalue weighted by Crippen LogP contribution is 2.33. The van der Waals surface area contributed by atoms with E-state index in [1.54, 1.807) is 0 Å². The Bertz CT molecular complexity index is 1210. The molecule has 168 valence electrons. The summed E-state index contributed by atoms with van der Waals surface area (Å²) in [5.74, 6) is -3.11. The Balaban J connectivity index is 1.50. The van der Waals surface area contributed by atoms with Gasteiger partial charge >= 0.3 is 11.9 Å². The number of nitrogens with zero attached hydrogens (tertiary/aromatic N) is 3. The lowest BCUT2D eigenvalue weighted by molar-refractivity contribution is -0.141. The van der Waals surface area contributed by atoms with Gasteiger partial charge < -0.3 is 14.8 Å². The Hall–Kier alpha value is -3.70. The lowest BCUT2D eigenvalue weighted by Gasteiger charge is -2.12. The molecule has 32 heavy (non-hydrogen) atoms. The smallest absolute Gasteiger partial charge is 0.433 e. The van der Waals surface area contributed by atoms with Crippen molar-refractivity contribution < 1.29 is 31.4 Å². The number of hydrogen-bond donors (Lipinski definition) is 1. The van der Waals surface area contributed by atoms with Gasteiger partial charge in [0.15, 0.2) is 17.4 Å². The number of benzene rings is 1. The predicted molar refractivity (Wildman–Crippen MR) is 102 cm³/mol. The van der Waals surface area contributed by atoms with Crippen molar-refractivity contribution in [1.82, 2.24) is 14.5 Å². The SMILES string of the molecule is C[C@@H]1Cn2c(cc(OCc3cc(F)c(Oc4ccnc(C(F)(F)F)c4)c(F)c3)nc2=O)N1. The van der Waals surface area contributed by atoms with Gasteiger partial charge in [-0.1, -0.05) is 0 Å². The summed E-state index contributed by atoms with van der Waals surface area (Å²) in [5, 5.41) is 3.07. The Morgan fingerprint density at radius 2 is 1.91 bits per heavy atom. The summed E-state index contributed by atoms with van der Waals surface area (Å²) in [4.78, 5) is 19.0. The fraction of sp³-hybridized carbons (Fsp3) is 0.250. The Morgan fingerprint density at radius 1 is 1.19 bits per heavy atom. The van der Waals surface area contributed by atoms with E-state index in [1.807, 2.05) is 6.92 Å². The van der Waals surface area contributed by atoms with Crippen LogP contribution in [0.1, 0.15) is 18.2 Å². The second kappa shape index (κ2) is 8.09. The molecule has 0 unspecified atom stereocenters. The fourth-order valence-corrected chi connectivity index (χ4v) is 3.12. The quantitative estimate of drug-likeness (QED) is 0.585. The summed E-state index contributed by atoms with van der Waals surface area (Å²) in [5.41, 5.74) is -1.73. The number of aromatic nitrogens is 3. The Kier molecular flexibility index (Phi) is 5.45. The minimum Gasteiger partial charge on any atom is -0.473 e. The van der Waals surface area contributed by atoms with Gasteiger partial charge in [0, 0.05) is 30.9 Å². The summed E-state index contributed by atoms with van der Waals surface area (Å²) >= 11 is 0. The van der Waals surface area contributed by atoms with Crippen molar-refractivity contribution in [3.8, 4) is 17.4 Å². The van der Waals surface area contributed by atoms with Crippen LogP contribution in [0, 0.1) is 11.6 Å². The zero-order valence-electron chi connectivity index (χ0n) is 16.4. The second-order valence-electron chi connectivity index (χ2n) is 7.07. The van der Waals surface area contributed by atoms with Crippen molar-refractivity contribution in [3.05, 3.63) is 69.9 Å². The van der Waals surface area contributed by atoms with Crippen molar-refractivity contribution in [2.24, 2.45) is 0 Å². The topological polar surface area (TPSA) is 78.3 Å². The number of alkyl halides is 3. The number of pyridine rings is 1. The molecule has 0 aliphatic carbocycles. The molecule has 3 heterocycles. The first-order valence-electron chi connectivity index (χ1n) is 9.30. The molecule has 1 N–H and O–H groups in total. The van der Waals surface area contributed by atoms with E-state index in [0.29, 0.717) is 18.4 Å². The van der Waals surface area contributed by atoms with E-state index in [2.05, 4.69) is 15.3 Å². The number of fused-ring (bicyclic) bond motifs is 1. The van der Waals surface area contributed by atoms with Crippen LogP contribution in [0.5, 0.6) is 17.4 Å². The van der Waals surface area contributed by atoms with Crippen LogP contribution in [0.2, 0.25) is 0 Å². The first kappa shape index (κ1) is 21.5. The highest BCUT2D eigenvalue weighted by Gasteiger charge is 2.33.